The molecule has 0 aliphatic heterocycles. The quantitative estimate of drug-likeness (QED) is 0.779. The SMILES string of the molecule is CC(C(=O)O)c1ccc2[nH]c3cnc(S(C)=O)cc3c2c1. The number of benzene rings is 1. The van der Waals surface area contributed by atoms with Crippen molar-refractivity contribution in [2.75, 3.05) is 6.26 Å². The third-order valence-electron chi connectivity index (χ3n) is 3.65. The Balaban J connectivity index is 2.27. The minimum Gasteiger partial charge on any atom is -0.481 e. The molecule has 2 N–H and O–H groups in total. The topological polar surface area (TPSA) is 83.0 Å². The van der Waals surface area contributed by atoms with Gasteiger partial charge in [0.15, 0.2) is 0 Å². The molecular weight excluding hydrogens is 288 g/mol. The number of carboxylic acids is 1. The Morgan fingerprint density at radius 3 is 2.67 bits per heavy atom. The second kappa shape index (κ2) is 4.96. The van der Waals surface area contributed by atoms with Crippen molar-refractivity contribution < 1.29 is 14.1 Å². The van der Waals surface area contributed by atoms with E-state index in [-0.39, 0.29) is 0 Å². The third kappa shape index (κ3) is 2.31. The molecule has 2 heterocycles. The average Bonchev–Trinajstić information content (AvgIpc) is 2.82. The lowest BCUT2D eigenvalue weighted by molar-refractivity contribution is -0.138. The monoisotopic (exact) mass is 302 g/mol. The van der Waals surface area contributed by atoms with E-state index in [1.165, 1.54) is 0 Å². The number of carboxylic acid groups (broad SMARTS) is 1. The highest BCUT2D eigenvalue weighted by Crippen LogP contribution is 2.29. The molecule has 0 amide bonds. The van der Waals surface area contributed by atoms with Crippen LogP contribution < -0.4 is 0 Å². The molecule has 0 aliphatic carbocycles. The molecular formula is C15H14N2O3S. The predicted octanol–water partition coefficient (Wildman–Crippen LogP) is 2.64. The molecule has 0 saturated carbocycles. The molecule has 3 rings (SSSR count). The highest BCUT2D eigenvalue weighted by Gasteiger charge is 2.15. The Labute approximate surface area is 123 Å². The fourth-order valence-electron chi connectivity index (χ4n) is 2.37. The Bertz CT molecular complexity index is 885. The summed E-state index contributed by atoms with van der Waals surface area (Å²) in [5.41, 5.74) is 2.50. The molecule has 0 bridgehead atoms. The van der Waals surface area contributed by atoms with Gasteiger partial charge in [-0.1, -0.05) is 6.07 Å². The standard InChI is InChI=1S/C15H14N2O3S/c1-8(15(18)19)9-3-4-12-10(5-9)11-6-14(21(2)20)16-7-13(11)17-12/h3-8,17H,1-2H3,(H,18,19). The summed E-state index contributed by atoms with van der Waals surface area (Å²) < 4.78 is 11.6. The first-order valence-corrected chi connectivity index (χ1v) is 8.01. The first-order chi connectivity index (χ1) is 9.97. The van der Waals surface area contributed by atoms with Gasteiger partial charge >= 0.3 is 5.97 Å². The van der Waals surface area contributed by atoms with Crippen molar-refractivity contribution >= 4 is 38.6 Å². The molecule has 2 unspecified atom stereocenters. The van der Waals surface area contributed by atoms with Gasteiger partial charge in [0.05, 0.1) is 28.4 Å². The number of pyridine rings is 1. The Kier molecular flexibility index (Phi) is 3.25. The zero-order valence-corrected chi connectivity index (χ0v) is 12.4. The molecule has 2 aromatic heterocycles. The van der Waals surface area contributed by atoms with E-state index < -0.39 is 22.7 Å². The zero-order valence-electron chi connectivity index (χ0n) is 11.6. The van der Waals surface area contributed by atoms with Gasteiger partial charge in [-0.3, -0.25) is 9.00 Å². The summed E-state index contributed by atoms with van der Waals surface area (Å²) in [5, 5.41) is 11.5. The lowest BCUT2D eigenvalue weighted by Gasteiger charge is -2.06. The Hall–Kier alpha value is -2.21. The summed E-state index contributed by atoms with van der Waals surface area (Å²) in [7, 11) is -1.15. The van der Waals surface area contributed by atoms with E-state index in [2.05, 4.69) is 9.97 Å². The third-order valence-corrected chi connectivity index (χ3v) is 4.46. The van der Waals surface area contributed by atoms with E-state index in [4.69, 9.17) is 5.11 Å². The summed E-state index contributed by atoms with van der Waals surface area (Å²) in [6, 6.07) is 7.34. The number of nitrogens with one attached hydrogen (secondary N) is 1. The first-order valence-electron chi connectivity index (χ1n) is 6.45. The molecule has 21 heavy (non-hydrogen) atoms. The predicted molar refractivity (Wildman–Crippen MR) is 82.0 cm³/mol. The smallest absolute Gasteiger partial charge is 0.310 e. The van der Waals surface area contributed by atoms with Crippen LogP contribution in [0.2, 0.25) is 0 Å². The number of hydrogen-bond donors (Lipinski definition) is 2. The highest BCUT2D eigenvalue weighted by atomic mass is 32.2. The summed E-state index contributed by atoms with van der Waals surface area (Å²) >= 11 is 0. The molecule has 0 aliphatic rings. The largest absolute Gasteiger partial charge is 0.481 e. The van der Waals surface area contributed by atoms with E-state index >= 15 is 0 Å². The fraction of sp³-hybridized carbons (Fsp3) is 0.200. The van der Waals surface area contributed by atoms with Crippen molar-refractivity contribution in [2.24, 2.45) is 0 Å². The van der Waals surface area contributed by atoms with Crippen molar-refractivity contribution in [3.8, 4) is 0 Å². The minimum absolute atomic E-state index is 0.514. The number of rotatable bonds is 3. The van der Waals surface area contributed by atoms with E-state index in [0.29, 0.717) is 5.03 Å². The van der Waals surface area contributed by atoms with Gasteiger partial charge in [-0.25, -0.2) is 4.98 Å². The molecule has 0 saturated heterocycles. The van der Waals surface area contributed by atoms with Crippen molar-refractivity contribution in [1.82, 2.24) is 9.97 Å². The molecule has 0 radical (unpaired) electrons. The number of H-pyrrole nitrogens is 1. The van der Waals surface area contributed by atoms with Gasteiger partial charge in [0, 0.05) is 22.5 Å². The van der Waals surface area contributed by atoms with Crippen LogP contribution in [-0.2, 0) is 15.6 Å². The normalized spacial score (nSPS) is 14.4. The molecule has 1 aromatic carbocycles. The number of fused-ring (bicyclic) bond motifs is 3. The lowest BCUT2D eigenvalue weighted by atomic mass is 9.99. The van der Waals surface area contributed by atoms with E-state index in [1.54, 1.807) is 25.4 Å². The zero-order chi connectivity index (χ0) is 15.1. The maximum atomic E-state index is 11.6. The van der Waals surface area contributed by atoms with Gasteiger partial charge in [-0.15, -0.1) is 0 Å². The summed E-state index contributed by atoms with van der Waals surface area (Å²) in [5.74, 6) is -1.42. The van der Waals surface area contributed by atoms with Gasteiger partial charge < -0.3 is 10.1 Å². The summed E-state index contributed by atoms with van der Waals surface area (Å²) in [6.45, 7) is 1.66. The van der Waals surface area contributed by atoms with Gasteiger partial charge in [0.1, 0.15) is 5.03 Å². The van der Waals surface area contributed by atoms with Crippen molar-refractivity contribution in [1.29, 1.82) is 0 Å². The minimum atomic E-state index is -1.15. The molecule has 0 spiro atoms. The van der Waals surface area contributed by atoms with Crippen LogP contribution >= 0.6 is 0 Å². The van der Waals surface area contributed by atoms with Gasteiger partial charge in [-0.05, 0) is 30.7 Å². The van der Waals surface area contributed by atoms with Crippen LogP contribution in [0.1, 0.15) is 18.4 Å². The second-order valence-corrected chi connectivity index (χ2v) is 6.34. The summed E-state index contributed by atoms with van der Waals surface area (Å²) in [4.78, 5) is 18.5. The number of hydrogen-bond acceptors (Lipinski definition) is 3. The number of aromatic amines is 1. The van der Waals surface area contributed by atoms with Crippen LogP contribution in [0.15, 0.2) is 35.5 Å². The summed E-state index contributed by atoms with van der Waals surface area (Å²) in [6.07, 6.45) is 3.24. The Morgan fingerprint density at radius 1 is 1.29 bits per heavy atom. The molecule has 5 nitrogen and oxygen atoms in total. The average molecular weight is 302 g/mol. The molecule has 108 valence electrons. The van der Waals surface area contributed by atoms with Crippen LogP contribution in [0.4, 0.5) is 0 Å². The van der Waals surface area contributed by atoms with E-state index in [9.17, 15) is 9.00 Å². The molecule has 3 aromatic rings. The fourth-order valence-corrected chi connectivity index (χ4v) is 2.85. The molecule has 0 fully saturated rings. The van der Waals surface area contributed by atoms with Crippen LogP contribution in [0, 0.1) is 0 Å². The van der Waals surface area contributed by atoms with Gasteiger partial charge in [0.25, 0.3) is 0 Å². The number of carbonyl (C=O) groups is 1. The van der Waals surface area contributed by atoms with Gasteiger partial charge in [-0.2, -0.15) is 0 Å². The van der Waals surface area contributed by atoms with Crippen LogP contribution in [0.5, 0.6) is 0 Å². The first kappa shape index (κ1) is 13.8. The highest BCUT2D eigenvalue weighted by molar-refractivity contribution is 7.84. The lowest BCUT2D eigenvalue weighted by Crippen LogP contribution is -2.06. The molecule has 2 atom stereocenters. The van der Waals surface area contributed by atoms with Crippen molar-refractivity contribution in [3.05, 3.63) is 36.0 Å². The maximum Gasteiger partial charge on any atom is 0.310 e. The van der Waals surface area contributed by atoms with E-state index in [1.807, 2.05) is 18.2 Å². The van der Waals surface area contributed by atoms with Crippen LogP contribution in [0.25, 0.3) is 21.8 Å². The number of nitrogens with zero attached hydrogens (tertiary/aromatic N) is 1. The molecule has 6 heteroatoms. The van der Waals surface area contributed by atoms with Crippen LogP contribution in [-0.4, -0.2) is 31.5 Å². The van der Waals surface area contributed by atoms with Gasteiger partial charge in [0.2, 0.25) is 0 Å². The maximum absolute atomic E-state index is 11.6. The van der Waals surface area contributed by atoms with Crippen molar-refractivity contribution in [3.63, 3.8) is 0 Å². The second-order valence-electron chi connectivity index (χ2n) is 5.01. The van der Waals surface area contributed by atoms with Crippen LogP contribution in [0.3, 0.4) is 0 Å². The number of aliphatic carboxylic acids is 1. The Morgan fingerprint density at radius 2 is 2.00 bits per heavy atom. The van der Waals surface area contributed by atoms with Crippen molar-refractivity contribution in [2.45, 2.75) is 17.9 Å². The van der Waals surface area contributed by atoms with E-state index in [0.717, 1.165) is 27.4 Å². The number of aromatic nitrogens is 2.